The summed E-state index contributed by atoms with van der Waals surface area (Å²) in [5.41, 5.74) is 2.20. The zero-order chi connectivity index (χ0) is 21.6. The van der Waals surface area contributed by atoms with E-state index in [1.165, 1.54) is 6.42 Å². The Morgan fingerprint density at radius 2 is 1.74 bits per heavy atom. The van der Waals surface area contributed by atoms with Gasteiger partial charge in [-0.3, -0.25) is 14.5 Å². The lowest BCUT2D eigenvalue weighted by molar-refractivity contribution is -0.134. The van der Waals surface area contributed by atoms with Gasteiger partial charge in [-0.15, -0.1) is 0 Å². The Bertz CT molecular complexity index is 893. The first-order valence-electron chi connectivity index (χ1n) is 11.4. The average Bonchev–Trinajstić information content (AvgIpc) is 2.84. The molecule has 0 saturated carbocycles. The van der Waals surface area contributed by atoms with Crippen LogP contribution in [0, 0.1) is 5.92 Å². The predicted octanol–water partition coefficient (Wildman–Crippen LogP) is 3.59. The molecule has 2 fully saturated rings. The lowest BCUT2D eigenvalue weighted by Crippen LogP contribution is -2.47. The van der Waals surface area contributed by atoms with Crippen LogP contribution in [0.4, 0.5) is 0 Å². The van der Waals surface area contributed by atoms with Crippen molar-refractivity contribution < 1.29 is 14.3 Å². The molecule has 164 valence electrons. The van der Waals surface area contributed by atoms with Crippen LogP contribution < -0.4 is 0 Å². The first kappa shape index (κ1) is 21.7. The maximum atomic E-state index is 13.3. The van der Waals surface area contributed by atoms with Crippen LogP contribution in [0.2, 0.25) is 0 Å². The molecule has 2 aromatic carbocycles. The number of morpholine rings is 1. The van der Waals surface area contributed by atoms with Crippen LogP contribution in [0.25, 0.3) is 0 Å². The van der Waals surface area contributed by atoms with E-state index in [1.807, 2.05) is 66.4 Å². The fourth-order valence-electron chi connectivity index (χ4n) is 4.69. The molecular weight excluding hydrogens is 388 g/mol. The normalized spacial score (nSPS) is 20.9. The number of carbonyl (C=O) groups excluding carboxylic acids is 2. The smallest absolute Gasteiger partial charge is 0.229 e. The summed E-state index contributed by atoms with van der Waals surface area (Å²) in [6.45, 7) is 8.25. The van der Waals surface area contributed by atoms with E-state index in [0.717, 1.165) is 57.9 Å². The number of piperidine rings is 1. The lowest BCUT2D eigenvalue weighted by Gasteiger charge is -2.37. The first-order valence-corrected chi connectivity index (χ1v) is 11.4. The van der Waals surface area contributed by atoms with E-state index in [4.69, 9.17) is 4.74 Å². The molecule has 0 aliphatic carbocycles. The molecule has 2 aliphatic rings. The summed E-state index contributed by atoms with van der Waals surface area (Å²) in [5, 5.41) is 0. The molecular formula is C26H32N2O3. The van der Waals surface area contributed by atoms with E-state index >= 15 is 0 Å². The van der Waals surface area contributed by atoms with E-state index in [-0.39, 0.29) is 17.6 Å². The summed E-state index contributed by atoms with van der Waals surface area (Å²) in [4.78, 5) is 30.6. The van der Waals surface area contributed by atoms with Gasteiger partial charge in [-0.2, -0.15) is 0 Å². The number of hydrogen-bond donors (Lipinski definition) is 0. The molecule has 2 atom stereocenters. The monoisotopic (exact) mass is 420 g/mol. The maximum Gasteiger partial charge on any atom is 0.229 e. The quantitative estimate of drug-likeness (QED) is 0.670. The highest BCUT2D eigenvalue weighted by Gasteiger charge is 2.29. The van der Waals surface area contributed by atoms with Gasteiger partial charge in [-0.05, 0) is 37.3 Å². The Balaban J connectivity index is 1.41. The van der Waals surface area contributed by atoms with Gasteiger partial charge in [0, 0.05) is 43.9 Å². The second-order valence-corrected chi connectivity index (χ2v) is 8.75. The second-order valence-electron chi connectivity index (χ2n) is 8.75. The number of ketones is 1. The van der Waals surface area contributed by atoms with Gasteiger partial charge in [-0.1, -0.05) is 48.5 Å². The fourth-order valence-corrected chi connectivity index (χ4v) is 4.69. The van der Waals surface area contributed by atoms with Crippen molar-refractivity contribution in [3.05, 3.63) is 71.3 Å². The number of benzene rings is 2. The van der Waals surface area contributed by atoms with E-state index < -0.39 is 0 Å². The Morgan fingerprint density at radius 3 is 2.52 bits per heavy atom. The summed E-state index contributed by atoms with van der Waals surface area (Å²) in [6, 6.07) is 16.8. The molecule has 2 aliphatic heterocycles. The minimum atomic E-state index is -0.259. The van der Waals surface area contributed by atoms with Crippen molar-refractivity contribution in [2.24, 2.45) is 5.92 Å². The number of likely N-dealkylation sites (tertiary alicyclic amines) is 1. The average molecular weight is 421 g/mol. The van der Waals surface area contributed by atoms with Gasteiger partial charge in [-0.25, -0.2) is 0 Å². The van der Waals surface area contributed by atoms with Crippen LogP contribution in [0.3, 0.4) is 0 Å². The molecule has 0 aromatic heterocycles. The third kappa shape index (κ3) is 5.41. The third-order valence-corrected chi connectivity index (χ3v) is 6.51. The highest BCUT2D eigenvalue weighted by Crippen LogP contribution is 2.25. The van der Waals surface area contributed by atoms with Gasteiger partial charge in [0.25, 0.3) is 0 Å². The van der Waals surface area contributed by atoms with Crippen molar-refractivity contribution >= 4 is 11.7 Å². The standard InChI is InChI=1S/C26H32N2O3/c1-20(23-10-5-11-24(17-23)25(29)22-8-3-2-4-9-22)26(30)28-12-6-7-21(19-28)18-27-13-15-31-16-14-27/h2-5,8-11,17,20-21H,6-7,12-16,18-19H2,1H3. The molecule has 5 heteroatoms. The topological polar surface area (TPSA) is 49.9 Å². The predicted molar refractivity (Wildman–Crippen MR) is 121 cm³/mol. The molecule has 0 spiro atoms. The van der Waals surface area contributed by atoms with Gasteiger partial charge in [0.1, 0.15) is 0 Å². The molecule has 5 nitrogen and oxygen atoms in total. The Morgan fingerprint density at radius 1 is 1.00 bits per heavy atom. The van der Waals surface area contributed by atoms with E-state index in [9.17, 15) is 9.59 Å². The van der Waals surface area contributed by atoms with Crippen LogP contribution in [-0.4, -0.2) is 67.4 Å². The van der Waals surface area contributed by atoms with Crippen molar-refractivity contribution in [1.82, 2.24) is 9.80 Å². The summed E-state index contributed by atoms with van der Waals surface area (Å²) >= 11 is 0. The molecule has 2 aromatic rings. The zero-order valence-electron chi connectivity index (χ0n) is 18.3. The number of ether oxygens (including phenoxy) is 1. The summed E-state index contributed by atoms with van der Waals surface area (Å²) in [5.74, 6) is 0.418. The van der Waals surface area contributed by atoms with Crippen molar-refractivity contribution in [2.45, 2.75) is 25.7 Å². The summed E-state index contributed by atoms with van der Waals surface area (Å²) in [7, 11) is 0. The SMILES string of the molecule is CC(C(=O)N1CCCC(CN2CCOCC2)C1)c1cccc(C(=O)c2ccccc2)c1. The Labute approximate surface area is 185 Å². The van der Waals surface area contributed by atoms with Gasteiger partial charge in [0.2, 0.25) is 5.91 Å². The fraction of sp³-hybridized carbons (Fsp3) is 0.462. The second kappa shape index (κ2) is 10.2. The maximum absolute atomic E-state index is 13.3. The molecule has 31 heavy (non-hydrogen) atoms. The van der Waals surface area contributed by atoms with Crippen LogP contribution in [0.15, 0.2) is 54.6 Å². The highest BCUT2D eigenvalue weighted by atomic mass is 16.5. The van der Waals surface area contributed by atoms with E-state index in [0.29, 0.717) is 17.0 Å². The van der Waals surface area contributed by atoms with Gasteiger partial charge in [0.05, 0.1) is 19.1 Å². The van der Waals surface area contributed by atoms with Crippen molar-refractivity contribution in [3.63, 3.8) is 0 Å². The van der Waals surface area contributed by atoms with Gasteiger partial charge < -0.3 is 9.64 Å². The van der Waals surface area contributed by atoms with Gasteiger partial charge >= 0.3 is 0 Å². The van der Waals surface area contributed by atoms with E-state index in [2.05, 4.69) is 4.90 Å². The van der Waals surface area contributed by atoms with Crippen molar-refractivity contribution in [3.8, 4) is 0 Å². The largest absolute Gasteiger partial charge is 0.379 e. The van der Waals surface area contributed by atoms with Crippen LogP contribution in [-0.2, 0) is 9.53 Å². The molecule has 1 amide bonds. The number of rotatable bonds is 6. The minimum Gasteiger partial charge on any atom is -0.379 e. The summed E-state index contributed by atoms with van der Waals surface area (Å²) < 4.78 is 5.45. The number of hydrogen-bond acceptors (Lipinski definition) is 4. The van der Waals surface area contributed by atoms with Gasteiger partial charge in [0.15, 0.2) is 5.78 Å². The Hall–Kier alpha value is -2.50. The van der Waals surface area contributed by atoms with Crippen molar-refractivity contribution in [1.29, 1.82) is 0 Å². The van der Waals surface area contributed by atoms with Crippen LogP contribution in [0.5, 0.6) is 0 Å². The molecule has 2 unspecified atom stereocenters. The van der Waals surface area contributed by atoms with Crippen molar-refractivity contribution in [2.75, 3.05) is 45.9 Å². The van der Waals surface area contributed by atoms with Crippen LogP contribution in [0.1, 0.15) is 47.2 Å². The first-order chi connectivity index (χ1) is 15.1. The number of amides is 1. The highest BCUT2D eigenvalue weighted by molar-refractivity contribution is 6.09. The zero-order valence-corrected chi connectivity index (χ0v) is 18.3. The number of carbonyl (C=O) groups is 2. The third-order valence-electron chi connectivity index (χ3n) is 6.51. The molecule has 0 bridgehead atoms. The molecule has 0 N–H and O–H groups in total. The lowest BCUT2D eigenvalue weighted by atomic mass is 9.92. The molecule has 2 saturated heterocycles. The van der Waals surface area contributed by atoms with Crippen LogP contribution >= 0.6 is 0 Å². The van der Waals surface area contributed by atoms with E-state index in [1.54, 1.807) is 0 Å². The molecule has 0 radical (unpaired) electrons. The molecule has 2 heterocycles. The number of nitrogens with zero attached hydrogens (tertiary/aromatic N) is 2. The molecule has 4 rings (SSSR count). The Kier molecular flexibility index (Phi) is 7.15. The minimum absolute atomic E-state index is 0.00866. The summed E-state index contributed by atoms with van der Waals surface area (Å²) in [6.07, 6.45) is 2.23.